The summed E-state index contributed by atoms with van der Waals surface area (Å²) in [5, 5.41) is 10.8. The number of carbonyl (C=O) groups is 2. The minimum absolute atomic E-state index is 0.0676. The summed E-state index contributed by atoms with van der Waals surface area (Å²) in [4.78, 5) is 30.5. The Bertz CT molecular complexity index is 834. The van der Waals surface area contributed by atoms with E-state index in [9.17, 15) is 14.7 Å². The van der Waals surface area contributed by atoms with Crippen LogP contribution in [0.4, 0.5) is 0 Å². The predicted octanol–water partition coefficient (Wildman–Crippen LogP) is 3.07. The number of carboxylic acid groups (broad SMARTS) is 1. The number of halogens is 1. The highest BCUT2D eigenvalue weighted by molar-refractivity contribution is 6.36. The van der Waals surface area contributed by atoms with Crippen molar-refractivity contribution in [3.8, 4) is 0 Å². The van der Waals surface area contributed by atoms with Crippen LogP contribution in [0.1, 0.15) is 23.2 Å². The molecule has 24 heavy (non-hydrogen) atoms. The number of nitrogens with zero attached hydrogens (tertiary/aromatic N) is 2. The summed E-state index contributed by atoms with van der Waals surface area (Å²) in [6, 6.07) is 6.99. The third kappa shape index (κ3) is 2.53. The fourth-order valence-corrected chi connectivity index (χ4v) is 3.95. The molecule has 2 fully saturated rings. The molecule has 0 unspecified atom stereocenters. The molecule has 1 saturated carbocycles. The summed E-state index contributed by atoms with van der Waals surface area (Å²) >= 11 is 6.19. The lowest BCUT2D eigenvalue weighted by Gasteiger charge is -2.17. The molecular weight excluding hydrogens is 328 g/mol. The van der Waals surface area contributed by atoms with Crippen LogP contribution in [0.3, 0.4) is 0 Å². The molecule has 1 aliphatic heterocycles. The number of aromatic nitrogens is 1. The van der Waals surface area contributed by atoms with Crippen LogP contribution in [0, 0.1) is 17.8 Å². The van der Waals surface area contributed by atoms with Gasteiger partial charge in [-0.3, -0.25) is 14.6 Å². The Hall–Kier alpha value is -2.14. The van der Waals surface area contributed by atoms with Crippen LogP contribution in [-0.2, 0) is 4.79 Å². The molecule has 0 bridgehead atoms. The first-order valence-corrected chi connectivity index (χ1v) is 8.49. The Morgan fingerprint density at radius 2 is 2.00 bits per heavy atom. The van der Waals surface area contributed by atoms with E-state index in [2.05, 4.69) is 4.98 Å². The molecule has 1 amide bonds. The molecule has 4 rings (SSSR count). The monoisotopic (exact) mass is 344 g/mol. The fourth-order valence-electron chi connectivity index (χ4n) is 3.74. The van der Waals surface area contributed by atoms with Crippen molar-refractivity contribution in [1.29, 1.82) is 0 Å². The van der Waals surface area contributed by atoms with Gasteiger partial charge in [-0.2, -0.15) is 0 Å². The second-order valence-corrected chi connectivity index (χ2v) is 7.06. The summed E-state index contributed by atoms with van der Waals surface area (Å²) in [5.74, 6) is -0.916. The molecule has 1 N–H and O–H groups in total. The van der Waals surface area contributed by atoms with E-state index in [1.807, 2.05) is 6.07 Å². The van der Waals surface area contributed by atoms with Crippen molar-refractivity contribution in [2.75, 3.05) is 13.1 Å². The van der Waals surface area contributed by atoms with Crippen molar-refractivity contribution in [2.24, 2.45) is 17.8 Å². The molecule has 1 aliphatic carbocycles. The summed E-state index contributed by atoms with van der Waals surface area (Å²) in [7, 11) is 0. The quantitative estimate of drug-likeness (QED) is 0.929. The number of pyridine rings is 1. The molecule has 1 aromatic carbocycles. The van der Waals surface area contributed by atoms with Gasteiger partial charge in [0, 0.05) is 24.7 Å². The molecule has 1 saturated heterocycles. The number of carbonyl (C=O) groups excluding carboxylic acids is 1. The van der Waals surface area contributed by atoms with Crippen LogP contribution in [0.15, 0.2) is 30.5 Å². The molecule has 6 heteroatoms. The Balaban J connectivity index is 1.67. The van der Waals surface area contributed by atoms with Gasteiger partial charge < -0.3 is 10.0 Å². The number of fused-ring (bicyclic) bond motifs is 1. The minimum atomic E-state index is -0.804. The maximum Gasteiger partial charge on any atom is 0.308 e. The van der Waals surface area contributed by atoms with Gasteiger partial charge in [-0.05, 0) is 48.9 Å². The van der Waals surface area contributed by atoms with Crippen LogP contribution < -0.4 is 0 Å². The maximum atomic E-state index is 13.0. The van der Waals surface area contributed by atoms with Crippen molar-refractivity contribution in [1.82, 2.24) is 9.88 Å². The van der Waals surface area contributed by atoms with Crippen molar-refractivity contribution in [3.05, 3.63) is 41.0 Å². The molecule has 1 aromatic heterocycles. The van der Waals surface area contributed by atoms with Gasteiger partial charge in [0.2, 0.25) is 0 Å². The number of hydrogen-bond donors (Lipinski definition) is 1. The van der Waals surface area contributed by atoms with Crippen LogP contribution >= 0.6 is 11.6 Å². The third-order valence-electron chi connectivity index (χ3n) is 5.14. The van der Waals surface area contributed by atoms with E-state index in [-0.39, 0.29) is 18.4 Å². The zero-order valence-electron chi connectivity index (χ0n) is 13.0. The highest BCUT2D eigenvalue weighted by Crippen LogP contribution is 2.44. The van der Waals surface area contributed by atoms with Crippen molar-refractivity contribution >= 4 is 34.4 Å². The van der Waals surface area contributed by atoms with Gasteiger partial charge >= 0.3 is 5.97 Å². The third-order valence-corrected chi connectivity index (χ3v) is 5.47. The van der Waals surface area contributed by atoms with Crippen molar-refractivity contribution in [3.63, 3.8) is 0 Å². The number of aliphatic carboxylic acids is 1. The predicted molar refractivity (Wildman–Crippen MR) is 90.0 cm³/mol. The highest BCUT2D eigenvalue weighted by atomic mass is 35.5. The Morgan fingerprint density at radius 3 is 2.71 bits per heavy atom. The van der Waals surface area contributed by atoms with E-state index in [1.165, 1.54) is 0 Å². The molecule has 2 heterocycles. The van der Waals surface area contributed by atoms with Crippen LogP contribution in [0.5, 0.6) is 0 Å². The Morgan fingerprint density at radius 1 is 1.21 bits per heavy atom. The Labute approximate surface area is 144 Å². The Kier molecular flexibility index (Phi) is 3.68. The molecule has 0 radical (unpaired) electrons. The fraction of sp³-hybridized carbons (Fsp3) is 0.389. The average molecular weight is 345 g/mol. The number of carboxylic acids is 1. The van der Waals surface area contributed by atoms with E-state index < -0.39 is 11.9 Å². The maximum absolute atomic E-state index is 13.0. The molecule has 2 aromatic rings. The summed E-state index contributed by atoms with van der Waals surface area (Å²) in [5.41, 5.74) is 1.05. The van der Waals surface area contributed by atoms with E-state index in [4.69, 9.17) is 11.6 Å². The lowest BCUT2D eigenvalue weighted by atomic mass is 9.92. The average Bonchev–Trinajstić information content (AvgIpc) is 3.33. The van der Waals surface area contributed by atoms with Gasteiger partial charge in [-0.15, -0.1) is 0 Å². The van der Waals surface area contributed by atoms with Crippen molar-refractivity contribution < 1.29 is 14.7 Å². The summed E-state index contributed by atoms with van der Waals surface area (Å²) < 4.78 is 0. The SMILES string of the molecule is O=C(O)[C@H]1CN(C(=O)c2ccc(Cl)c3cccnc23)C[C@@H]1C1CC1. The largest absolute Gasteiger partial charge is 0.481 e. The highest BCUT2D eigenvalue weighted by Gasteiger charge is 2.47. The first-order valence-electron chi connectivity index (χ1n) is 8.11. The summed E-state index contributed by atoms with van der Waals surface area (Å²) in [6.07, 6.45) is 3.77. The van der Waals surface area contributed by atoms with E-state index in [0.717, 1.165) is 18.2 Å². The number of benzene rings is 1. The zero-order valence-corrected chi connectivity index (χ0v) is 13.7. The lowest BCUT2D eigenvalue weighted by molar-refractivity contribution is -0.142. The van der Waals surface area contributed by atoms with Gasteiger partial charge in [0.25, 0.3) is 5.91 Å². The minimum Gasteiger partial charge on any atom is -0.481 e. The second-order valence-electron chi connectivity index (χ2n) is 6.65. The molecule has 2 aliphatic rings. The molecule has 5 nitrogen and oxygen atoms in total. The second kappa shape index (κ2) is 5.74. The van der Waals surface area contributed by atoms with Crippen LogP contribution in [0.2, 0.25) is 5.02 Å². The molecule has 0 spiro atoms. The smallest absolute Gasteiger partial charge is 0.308 e. The number of rotatable bonds is 3. The molecule has 2 atom stereocenters. The lowest BCUT2D eigenvalue weighted by Crippen LogP contribution is -2.30. The zero-order chi connectivity index (χ0) is 16.8. The van der Waals surface area contributed by atoms with Crippen LogP contribution in [-0.4, -0.2) is 40.0 Å². The van der Waals surface area contributed by atoms with Gasteiger partial charge in [-0.1, -0.05) is 11.6 Å². The van der Waals surface area contributed by atoms with E-state index >= 15 is 0 Å². The number of likely N-dealkylation sites (tertiary alicyclic amines) is 1. The first-order chi connectivity index (χ1) is 11.6. The van der Waals surface area contributed by atoms with Gasteiger partial charge in [0.15, 0.2) is 0 Å². The van der Waals surface area contributed by atoms with Gasteiger partial charge in [-0.25, -0.2) is 0 Å². The van der Waals surface area contributed by atoms with Gasteiger partial charge in [0.05, 0.1) is 22.0 Å². The van der Waals surface area contributed by atoms with Crippen LogP contribution in [0.25, 0.3) is 10.9 Å². The first kappa shape index (κ1) is 15.4. The number of amides is 1. The van der Waals surface area contributed by atoms with E-state index in [1.54, 1.807) is 29.3 Å². The number of hydrogen-bond acceptors (Lipinski definition) is 3. The molecule has 124 valence electrons. The normalized spacial score (nSPS) is 23.6. The topological polar surface area (TPSA) is 70.5 Å². The molecular formula is C18H17ClN2O3. The van der Waals surface area contributed by atoms with E-state index in [0.29, 0.717) is 28.6 Å². The van der Waals surface area contributed by atoms with Gasteiger partial charge in [0.1, 0.15) is 0 Å². The summed E-state index contributed by atoms with van der Waals surface area (Å²) in [6.45, 7) is 0.781. The van der Waals surface area contributed by atoms with Crippen molar-refractivity contribution in [2.45, 2.75) is 12.8 Å². The standard InChI is InChI=1S/C18H17ClN2O3/c19-15-6-5-12(16-11(15)2-1-7-20-16)17(22)21-8-13(10-3-4-10)14(9-21)18(23)24/h1-2,5-7,10,13-14H,3-4,8-9H2,(H,23,24)/t13-,14+/m1/s1.